The van der Waals surface area contributed by atoms with Crippen molar-refractivity contribution >= 4 is 75.1 Å². The first-order valence-electron chi connectivity index (χ1n) is 32.2. The zero-order chi connectivity index (χ0) is 69.7. The van der Waals surface area contributed by atoms with Gasteiger partial charge in [-0.15, -0.1) is 0 Å². The minimum Gasteiger partial charge on any atom is -0.481 e. The molecule has 0 aliphatic carbocycles. The lowest BCUT2D eigenvalue weighted by Gasteiger charge is -2.35. The fourth-order valence-electron chi connectivity index (χ4n) is 9.92. The lowest BCUT2D eigenvalue weighted by Crippen LogP contribution is -2.58. The number of Topliss-reactive ketones (excluding diaryl/α,β-unsaturated/α-hetero) is 4. The van der Waals surface area contributed by atoms with Gasteiger partial charge >= 0.3 is 28.3 Å². The number of hydrogen-bond donors (Lipinski definition) is 8. The molecule has 0 fully saturated rings. The van der Waals surface area contributed by atoms with Gasteiger partial charge in [-0.2, -0.15) is 8.42 Å². The van der Waals surface area contributed by atoms with Crippen LogP contribution in [-0.4, -0.2) is 214 Å². The first kappa shape index (κ1) is 83.0. The van der Waals surface area contributed by atoms with Gasteiger partial charge in [-0.25, -0.2) is 0 Å². The van der Waals surface area contributed by atoms with Crippen molar-refractivity contribution in [3.05, 3.63) is 65.7 Å². The lowest BCUT2D eigenvalue weighted by atomic mass is 9.94. The summed E-state index contributed by atoms with van der Waals surface area (Å²) in [6.45, 7) is 1.49. The van der Waals surface area contributed by atoms with Crippen molar-refractivity contribution in [1.29, 1.82) is 0 Å². The van der Waals surface area contributed by atoms with Crippen LogP contribution in [0.3, 0.4) is 0 Å². The van der Waals surface area contributed by atoms with Crippen molar-refractivity contribution in [3.8, 4) is 5.75 Å². The summed E-state index contributed by atoms with van der Waals surface area (Å²) >= 11 is 0. The molecule has 0 aliphatic rings. The van der Waals surface area contributed by atoms with Gasteiger partial charge in [0.2, 0.25) is 23.6 Å². The fourth-order valence-corrected chi connectivity index (χ4v) is 10.3. The molecule has 0 saturated carbocycles. The van der Waals surface area contributed by atoms with Crippen LogP contribution >= 0.6 is 0 Å². The standard InChI is InChI=1S/C65H100N6O22S/c1-4-5-24-54(63(82)71(3)57(42-61(79)80)64(83)70(2)56(62(66)81)40-47-20-15-14-16-21-47)69-44-58(75)55(39-48-26-29-53(30-27-48)93-94(86,87)88)68-43-52(74)46-92-37-35-89-33-19-23-51(73)45-91-38-36-90-34-32-67-59(76)31-28-49(65(84)85)41-50(72)22-17-12-10-8-6-7-9-11-13-18-25-60(77)78/h14-16,20-21,26-27,29-30,49,54-57,68-69H,4-13,17-19,22-25,28,31-46H2,1-3H3,(H2,66,81)(H,67,76)(H,77,78)(H,79,80)(H,84,85)(H,86,87,88)/t49-,54+,55+,56+,57-/m1/s1. The lowest BCUT2D eigenvalue weighted by molar-refractivity contribution is -0.152. The molecule has 29 heteroatoms. The van der Waals surface area contributed by atoms with E-state index in [2.05, 4.69) is 20.1 Å². The third-order valence-corrected chi connectivity index (χ3v) is 15.7. The quantitative estimate of drug-likeness (QED) is 0.0339. The van der Waals surface area contributed by atoms with Crippen LogP contribution in [0.4, 0.5) is 0 Å². The van der Waals surface area contributed by atoms with Gasteiger partial charge in [-0.05, 0) is 61.8 Å². The molecular weight excluding hydrogens is 1250 g/mol. The molecule has 9 N–H and O–H groups in total. The van der Waals surface area contributed by atoms with Crippen LogP contribution in [0.1, 0.15) is 153 Å². The van der Waals surface area contributed by atoms with Crippen LogP contribution in [0, 0.1) is 5.92 Å². The molecule has 0 saturated heterocycles. The van der Waals surface area contributed by atoms with Crippen molar-refractivity contribution in [2.24, 2.45) is 11.7 Å². The highest BCUT2D eigenvalue weighted by Gasteiger charge is 2.38. The average Bonchev–Trinajstić information content (AvgIpc) is 0.914. The molecule has 94 heavy (non-hydrogen) atoms. The maximum Gasteiger partial charge on any atom is 0.446 e. The number of carboxylic acids is 3. The summed E-state index contributed by atoms with van der Waals surface area (Å²) in [5, 5.41) is 36.7. The number of carbonyl (C=O) groups excluding carboxylic acids is 8. The molecular formula is C65H100N6O22S. The number of rotatable bonds is 59. The molecule has 528 valence electrons. The SMILES string of the molecule is CCCC[C@H](NCC(=O)[C@H](Cc1ccc(OS(=O)(=O)O)cc1)NCC(=O)COCCOCCCC(=O)COCCOCCNC(=O)CC[C@H](CC(=O)CCCCCCCCCCCCC(=O)O)C(=O)O)C(=O)N(C)[C@H](CC(=O)O)C(=O)N(C)[C@@H](Cc1ccccc1)C(N)=O. The number of benzene rings is 2. The predicted octanol–water partition coefficient (Wildman–Crippen LogP) is 4.25. The van der Waals surface area contributed by atoms with Gasteiger partial charge in [0.1, 0.15) is 36.8 Å². The highest BCUT2D eigenvalue weighted by Crippen LogP contribution is 2.20. The van der Waals surface area contributed by atoms with E-state index in [-0.39, 0.29) is 141 Å². The largest absolute Gasteiger partial charge is 0.481 e. The van der Waals surface area contributed by atoms with Gasteiger partial charge in [0.05, 0.1) is 70.5 Å². The third kappa shape index (κ3) is 38.9. The van der Waals surface area contributed by atoms with Crippen molar-refractivity contribution in [1.82, 2.24) is 25.8 Å². The molecule has 0 spiro atoms. The number of primary amides is 1. The van der Waals surface area contributed by atoms with Gasteiger partial charge in [0.15, 0.2) is 17.3 Å². The van der Waals surface area contributed by atoms with Crippen LogP contribution in [0.25, 0.3) is 0 Å². The normalized spacial score (nSPS) is 13.0. The van der Waals surface area contributed by atoms with Crippen molar-refractivity contribution < 1.29 is 104 Å². The summed E-state index contributed by atoms with van der Waals surface area (Å²) in [6, 6.07) is 9.12. The van der Waals surface area contributed by atoms with E-state index in [1.54, 1.807) is 30.3 Å². The summed E-state index contributed by atoms with van der Waals surface area (Å²) in [7, 11) is -2.28. The van der Waals surface area contributed by atoms with Crippen LogP contribution < -0.4 is 25.9 Å². The van der Waals surface area contributed by atoms with Crippen molar-refractivity contribution in [3.63, 3.8) is 0 Å². The molecule has 2 aromatic rings. The number of amides is 4. The smallest absolute Gasteiger partial charge is 0.446 e. The summed E-state index contributed by atoms with van der Waals surface area (Å²) in [5.74, 6) is -8.49. The van der Waals surface area contributed by atoms with Crippen molar-refractivity contribution in [2.75, 3.05) is 86.6 Å². The van der Waals surface area contributed by atoms with E-state index in [0.717, 1.165) is 61.2 Å². The average molecular weight is 1350 g/mol. The minimum atomic E-state index is -4.83. The van der Waals surface area contributed by atoms with Gasteiger partial charge < -0.3 is 64.6 Å². The Morgan fingerprint density at radius 3 is 1.65 bits per heavy atom. The Labute approximate surface area is 551 Å². The highest BCUT2D eigenvalue weighted by molar-refractivity contribution is 7.81. The number of hydrogen-bond acceptors (Lipinski definition) is 20. The highest BCUT2D eigenvalue weighted by atomic mass is 32.3. The van der Waals surface area contributed by atoms with E-state index in [9.17, 15) is 71.4 Å². The molecule has 0 radical (unpaired) electrons. The monoisotopic (exact) mass is 1350 g/mol. The van der Waals surface area contributed by atoms with E-state index in [0.29, 0.717) is 49.7 Å². The van der Waals surface area contributed by atoms with E-state index in [1.807, 2.05) is 6.92 Å². The number of ketones is 4. The summed E-state index contributed by atoms with van der Waals surface area (Å²) < 4.78 is 58.0. The Morgan fingerprint density at radius 2 is 1.07 bits per heavy atom. The number of aliphatic carboxylic acids is 3. The second kappa shape index (κ2) is 48.6. The number of carbonyl (C=O) groups is 11. The van der Waals surface area contributed by atoms with E-state index < -0.39 is 101 Å². The summed E-state index contributed by atoms with van der Waals surface area (Å²) in [5.41, 5.74) is 6.86. The predicted molar refractivity (Wildman–Crippen MR) is 344 cm³/mol. The number of nitrogens with one attached hydrogen (secondary N) is 3. The number of nitrogens with zero attached hydrogens (tertiary/aromatic N) is 2. The molecule has 0 heterocycles. The molecule has 0 aliphatic heterocycles. The molecule has 2 rings (SSSR count). The molecule has 0 bridgehead atoms. The Hall–Kier alpha value is -7.12. The van der Waals surface area contributed by atoms with Crippen LogP contribution in [0.15, 0.2) is 54.6 Å². The first-order chi connectivity index (χ1) is 44.8. The van der Waals surface area contributed by atoms with Crippen LogP contribution in [0.5, 0.6) is 5.75 Å². The Kier molecular flexibility index (Phi) is 42.9. The van der Waals surface area contributed by atoms with Crippen LogP contribution in [-0.2, 0) is 94.9 Å². The molecule has 4 amide bonds. The van der Waals surface area contributed by atoms with Gasteiger partial charge in [0.25, 0.3) is 0 Å². The van der Waals surface area contributed by atoms with Crippen LogP contribution in [0.2, 0.25) is 0 Å². The topological polar surface area (TPSA) is 418 Å². The Bertz CT molecular complexity index is 2760. The van der Waals surface area contributed by atoms with Crippen molar-refractivity contribution in [2.45, 2.75) is 179 Å². The van der Waals surface area contributed by atoms with Gasteiger partial charge in [-0.1, -0.05) is 114 Å². The molecule has 28 nitrogen and oxygen atoms in total. The number of likely N-dealkylation sites (N-methyl/N-ethyl adjacent to an activating group) is 2. The van der Waals surface area contributed by atoms with E-state index in [1.165, 1.54) is 38.4 Å². The zero-order valence-corrected chi connectivity index (χ0v) is 55.5. The maximum atomic E-state index is 14.2. The number of unbranched alkanes of at least 4 members (excludes halogenated alkanes) is 10. The maximum absolute atomic E-state index is 14.2. The van der Waals surface area contributed by atoms with Gasteiger partial charge in [0, 0.05) is 65.8 Å². The second-order valence-corrected chi connectivity index (χ2v) is 24.1. The third-order valence-electron chi connectivity index (χ3n) is 15.3. The Balaban J connectivity index is 1.75. The Morgan fingerprint density at radius 1 is 0.532 bits per heavy atom. The zero-order valence-electron chi connectivity index (χ0n) is 54.6. The summed E-state index contributed by atoms with van der Waals surface area (Å²) in [6.07, 6.45) is 10.9. The molecule has 0 aromatic heterocycles. The second-order valence-electron chi connectivity index (χ2n) is 23.1. The molecule has 5 atom stereocenters. The number of carboxylic acid groups (broad SMARTS) is 3. The molecule has 0 unspecified atom stereocenters. The van der Waals surface area contributed by atoms with E-state index in [4.69, 9.17) is 34.3 Å². The number of ether oxygens (including phenoxy) is 4. The number of nitrogens with two attached hydrogens (primary N) is 1. The minimum absolute atomic E-state index is 0.0198. The first-order valence-corrected chi connectivity index (χ1v) is 33.6. The summed E-state index contributed by atoms with van der Waals surface area (Å²) in [4.78, 5) is 142. The fraction of sp³-hybridized carbons (Fsp3) is 0.646. The van der Waals surface area contributed by atoms with Gasteiger partial charge in [-0.3, -0.25) is 62.6 Å². The molecule has 2 aromatic carbocycles. The van der Waals surface area contributed by atoms with E-state index >= 15 is 0 Å².